The molecule has 0 saturated heterocycles. The summed E-state index contributed by atoms with van der Waals surface area (Å²) in [6.07, 6.45) is 0. The average Bonchev–Trinajstić information content (AvgIpc) is 2.36. The maximum Gasteiger partial charge on any atom is 0.335 e. The highest BCUT2D eigenvalue weighted by Crippen LogP contribution is 2.21. The van der Waals surface area contributed by atoms with Gasteiger partial charge in [0.05, 0.1) is 12.4 Å². The largest absolute Gasteiger partial charge is 0.467 e. The van der Waals surface area contributed by atoms with Crippen molar-refractivity contribution < 1.29 is 17.9 Å². The normalized spacial score (nSPS) is 14.3. The number of amides is 2. The number of hydrogen-bond acceptors (Lipinski definition) is 7. The van der Waals surface area contributed by atoms with Crippen LogP contribution in [0.15, 0.2) is 0 Å². The number of nitrogens with zero attached hydrogens (tertiary/aromatic N) is 4. The van der Waals surface area contributed by atoms with Gasteiger partial charge in [-0.15, -0.1) is 11.6 Å². The Labute approximate surface area is 127 Å². The number of sulfonamides is 1. The summed E-state index contributed by atoms with van der Waals surface area (Å²) in [5.74, 6) is -0.263. The van der Waals surface area contributed by atoms with Crippen molar-refractivity contribution in [2.45, 2.75) is 31.4 Å². The fraction of sp³-hybridized carbons (Fsp3) is 0.600. The lowest BCUT2D eigenvalue weighted by atomic mass is 10.4. The molecule has 2 atom stereocenters. The van der Waals surface area contributed by atoms with Crippen LogP contribution in [0.25, 0.3) is 0 Å². The minimum absolute atomic E-state index is 0.134. The van der Waals surface area contributed by atoms with Crippen molar-refractivity contribution in [3.63, 3.8) is 0 Å². The molecule has 2 N–H and O–H groups in total. The number of alkyl halides is 1. The maximum atomic E-state index is 12.4. The number of rotatable bonds is 5. The van der Waals surface area contributed by atoms with Crippen molar-refractivity contribution in [3.05, 3.63) is 5.82 Å². The molecular formula is C10H16ClN5O4S. The van der Waals surface area contributed by atoms with Crippen LogP contribution in [0, 0.1) is 6.92 Å². The smallest absolute Gasteiger partial charge is 0.335 e. The van der Waals surface area contributed by atoms with E-state index in [-0.39, 0.29) is 11.8 Å². The summed E-state index contributed by atoms with van der Waals surface area (Å²) in [5.41, 5.74) is 5.16. The number of carbonyl (C=O) groups is 1. The first-order chi connectivity index (χ1) is 9.61. The lowest BCUT2D eigenvalue weighted by Gasteiger charge is -2.23. The molecule has 0 spiro atoms. The van der Waals surface area contributed by atoms with Crippen molar-refractivity contribution >= 4 is 33.6 Å². The summed E-state index contributed by atoms with van der Waals surface area (Å²) < 4.78 is 30.0. The molecule has 0 fully saturated rings. The van der Waals surface area contributed by atoms with Crippen LogP contribution in [0.1, 0.15) is 19.7 Å². The Morgan fingerprint density at radius 3 is 2.33 bits per heavy atom. The van der Waals surface area contributed by atoms with Crippen LogP contribution >= 0.6 is 11.6 Å². The summed E-state index contributed by atoms with van der Waals surface area (Å²) in [6.45, 7) is 4.34. The zero-order chi connectivity index (χ0) is 16.4. The highest BCUT2D eigenvalue weighted by atomic mass is 35.5. The topological polar surface area (TPSA) is 128 Å². The number of primary amides is 1. The highest BCUT2D eigenvalue weighted by Gasteiger charge is 2.37. The number of anilines is 1. The number of ether oxygens (including phenoxy) is 1. The number of nitrogens with two attached hydrogens (primary N) is 1. The number of methoxy groups -OCH3 is 1. The summed E-state index contributed by atoms with van der Waals surface area (Å²) in [5, 5.41) is -1.82. The van der Waals surface area contributed by atoms with Crippen molar-refractivity contribution in [2.24, 2.45) is 5.73 Å². The van der Waals surface area contributed by atoms with E-state index in [1.54, 1.807) is 0 Å². The summed E-state index contributed by atoms with van der Waals surface area (Å²) >= 11 is 5.80. The van der Waals surface area contributed by atoms with Crippen LogP contribution in [-0.2, 0) is 10.0 Å². The monoisotopic (exact) mass is 337 g/mol. The number of carbonyl (C=O) groups excluding carboxylic acids is 1. The molecule has 11 heteroatoms. The number of aryl methyl sites for hydroxylation is 1. The van der Waals surface area contributed by atoms with Gasteiger partial charge in [0.1, 0.15) is 5.82 Å². The van der Waals surface area contributed by atoms with Crippen LogP contribution < -0.4 is 14.8 Å². The SMILES string of the molecule is COc1nc(C)nc(N(C(N)=O)S(=O)(=O)C(C)C(C)Cl)n1. The Bertz CT molecular complexity index is 636. The molecule has 0 radical (unpaired) electrons. The second-order valence-corrected chi connectivity index (χ2v) is 7.03. The van der Waals surface area contributed by atoms with Crippen LogP contribution in [0.2, 0.25) is 0 Å². The molecule has 1 aromatic heterocycles. The third kappa shape index (κ3) is 3.70. The van der Waals surface area contributed by atoms with Crippen LogP contribution in [0.5, 0.6) is 6.01 Å². The Morgan fingerprint density at radius 1 is 1.33 bits per heavy atom. The summed E-state index contributed by atoms with van der Waals surface area (Å²) in [7, 11) is -2.88. The van der Waals surface area contributed by atoms with E-state index in [1.807, 2.05) is 0 Å². The van der Waals surface area contributed by atoms with Crippen LogP contribution in [0.3, 0.4) is 0 Å². The molecule has 0 aromatic carbocycles. The second kappa shape index (κ2) is 6.39. The molecule has 0 saturated carbocycles. The van der Waals surface area contributed by atoms with Gasteiger partial charge in [0.2, 0.25) is 10.0 Å². The van der Waals surface area contributed by atoms with Gasteiger partial charge in [-0.25, -0.2) is 13.2 Å². The minimum Gasteiger partial charge on any atom is -0.467 e. The molecule has 0 bridgehead atoms. The fourth-order valence-electron chi connectivity index (χ4n) is 1.37. The quantitative estimate of drug-likeness (QED) is 0.771. The number of urea groups is 1. The van der Waals surface area contributed by atoms with Crippen molar-refractivity contribution in [2.75, 3.05) is 11.4 Å². The van der Waals surface area contributed by atoms with E-state index in [4.69, 9.17) is 22.1 Å². The van der Waals surface area contributed by atoms with Gasteiger partial charge in [-0.3, -0.25) is 0 Å². The predicted molar refractivity (Wildman–Crippen MR) is 76.9 cm³/mol. The van der Waals surface area contributed by atoms with E-state index in [0.29, 0.717) is 4.31 Å². The van der Waals surface area contributed by atoms with Gasteiger partial charge in [-0.05, 0) is 20.8 Å². The predicted octanol–water partition coefficient (Wildman–Crippen LogP) is 0.419. The minimum atomic E-state index is -4.18. The molecule has 2 amide bonds. The van der Waals surface area contributed by atoms with E-state index in [0.717, 1.165) is 0 Å². The fourth-order valence-corrected chi connectivity index (χ4v) is 3.12. The lowest BCUT2D eigenvalue weighted by molar-refractivity contribution is 0.256. The molecule has 2 unspecified atom stereocenters. The average molecular weight is 338 g/mol. The van der Waals surface area contributed by atoms with Crippen LogP contribution in [0.4, 0.5) is 10.7 Å². The van der Waals surface area contributed by atoms with Gasteiger partial charge in [0, 0.05) is 5.38 Å². The van der Waals surface area contributed by atoms with E-state index >= 15 is 0 Å². The summed E-state index contributed by atoms with van der Waals surface area (Å²) in [6, 6.07) is -1.38. The Kier molecular flexibility index (Phi) is 5.29. The standard InChI is InChI=1S/C10H16ClN5O4S/c1-5(11)6(2)21(18,19)16(8(12)17)9-13-7(3)14-10(15-9)20-4/h5-6H,1-4H3,(H2,12,17). The zero-order valence-corrected chi connectivity index (χ0v) is 13.5. The first kappa shape index (κ1) is 17.4. The third-order valence-corrected chi connectivity index (χ3v) is 5.38. The van der Waals surface area contributed by atoms with E-state index in [9.17, 15) is 13.2 Å². The Balaban J connectivity index is 3.44. The second-order valence-electron chi connectivity index (χ2n) is 4.20. The number of halogens is 1. The zero-order valence-electron chi connectivity index (χ0n) is 11.9. The van der Waals surface area contributed by atoms with Crippen molar-refractivity contribution in [3.8, 4) is 6.01 Å². The third-order valence-electron chi connectivity index (χ3n) is 2.65. The molecule has 0 aliphatic heterocycles. The first-order valence-corrected chi connectivity index (χ1v) is 7.79. The van der Waals surface area contributed by atoms with Gasteiger partial charge >= 0.3 is 12.0 Å². The van der Waals surface area contributed by atoms with Crippen LogP contribution in [-0.4, -0.2) is 47.1 Å². The first-order valence-electron chi connectivity index (χ1n) is 5.85. The molecule has 0 aliphatic rings. The van der Waals surface area contributed by atoms with Gasteiger partial charge in [-0.1, -0.05) is 0 Å². The van der Waals surface area contributed by atoms with Gasteiger partial charge in [0.15, 0.2) is 0 Å². The molecule has 0 aliphatic carbocycles. The Morgan fingerprint density at radius 2 is 1.90 bits per heavy atom. The number of hydrogen-bond donors (Lipinski definition) is 1. The molecule has 9 nitrogen and oxygen atoms in total. The van der Waals surface area contributed by atoms with E-state index < -0.39 is 32.6 Å². The highest BCUT2D eigenvalue weighted by molar-refractivity contribution is 7.94. The van der Waals surface area contributed by atoms with Gasteiger partial charge < -0.3 is 10.5 Å². The van der Waals surface area contributed by atoms with E-state index in [2.05, 4.69) is 15.0 Å². The summed E-state index contributed by atoms with van der Waals surface area (Å²) in [4.78, 5) is 22.9. The maximum absolute atomic E-state index is 12.4. The molecule has 118 valence electrons. The van der Waals surface area contributed by atoms with Gasteiger partial charge in [-0.2, -0.15) is 19.3 Å². The lowest BCUT2D eigenvalue weighted by Crippen LogP contribution is -2.47. The van der Waals surface area contributed by atoms with E-state index in [1.165, 1.54) is 27.9 Å². The number of aromatic nitrogens is 3. The Hall–Kier alpha value is -1.68. The van der Waals surface area contributed by atoms with Crippen molar-refractivity contribution in [1.29, 1.82) is 0 Å². The van der Waals surface area contributed by atoms with Crippen molar-refractivity contribution in [1.82, 2.24) is 15.0 Å². The molecular weight excluding hydrogens is 322 g/mol. The molecule has 1 aromatic rings. The molecule has 1 heterocycles. The van der Waals surface area contributed by atoms with Gasteiger partial charge in [0.25, 0.3) is 5.95 Å². The molecule has 21 heavy (non-hydrogen) atoms. The molecule has 1 rings (SSSR count).